The molecule has 26 heavy (non-hydrogen) atoms. The lowest BCUT2D eigenvalue weighted by Gasteiger charge is -2.19. The van der Waals surface area contributed by atoms with E-state index in [1.807, 2.05) is 25.1 Å². The van der Waals surface area contributed by atoms with Crippen LogP contribution in [0.5, 0.6) is 11.5 Å². The Bertz CT molecular complexity index is 792. The summed E-state index contributed by atoms with van der Waals surface area (Å²) in [5, 5.41) is 7.38. The Morgan fingerprint density at radius 2 is 1.85 bits per heavy atom. The van der Waals surface area contributed by atoms with Crippen LogP contribution in [0.2, 0.25) is 0 Å². The van der Waals surface area contributed by atoms with E-state index in [4.69, 9.17) is 9.47 Å². The predicted molar refractivity (Wildman–Crippen MR) is 107 cm³/mol. The van der Waals surface area contributed by atoms with E-state index in [0.29, 0.717) is 23.4 Å². The van der Waals surface area contributed by atoms with Crippen LogP contribution < -0.4 is 20.3 Å². The van der Waals surface area contributed by atoms with Crippen LogP contribution >= 0.6 is 15.9 Å². The summed E-state index contributed by atoms with van der Waals surface area (Å²) in [6.45, 7) is 7.46. The van der Waals surface area contributed by atoms with Gasteiger partial charge in [0.05, 0.1) is 25.1 Å². The second-order valence-corrected chi connectivity index (χ2v) is 6.86. The fourth-order valence-electron chi connectivity index (χ4n) is 2.38. The summed E-state index contributed by atoms with van der Waals surface area (Å²) in [7, 11) is 1.62. The molecule has 0 saturated heterocycles. The molecule has 0 aliphatic heterocycles. The van der Waals surface area contributed by atoms with Gasteiger partial charge < -0.3 is 14.8 Å². The highest BCUT2D eigenvalue weighted by Crippen LogP contribution is 2.32. The molecule has 0 aliphatic rings. The molecule has 6 nitrogen and oxygen atoms in total. The lowest BCUT2D eigenvalue weighted by molar-refractivity contribution is 0.268. The fraction of sp³-hybridized carbons (Fsp3) is 0.474. The van der Waals surface area contributed by atoms with Crippen LogP contribution in [0.4, 0.5) is 5.69 Å². The zero-order valence-electron chi connectivity index (χ0n) is 15.7. The first-order valence-electron chi connectivity index (χ1n) is 8.85. The number of hydrogen-bond acceptors (Lipinski definition) is 5. The van der Waals surface area contributed by atoms with Gasteiger partial charge in [0.1, 0.15) is 4.47 Å². The molecule has 2 aromatic rings. The van der Waals surface area contributed by atoms with Gasteiger partial charge >= 0.3 is 0 Å². The van der Waals surface area contributed by atoms with Gasteiger partial charge in [0, 0.05) is 13.1 Å². The quantitative estimate of drug-likeness (QED) is 0.651. The van der Waals surface area contributed by atoms with Crippen LogP contribution in [0, 0.1) is 0 Å². The molecule has 142 valence electrons. The van der Waals surface area contributed by atoms with Crippen molar-refractivity contribution in [2.75, 3.05) is 18.5 Å². The summed E-state index contributed by atoms with van der Waals surface area (Å²) in [5.41, 5.74) is 1.51. The summed E-state index contributed by atoms with van der Waals surface area (Å²) in [6.07, 6.45) is 3.50. The zero-order chi connectivity index (χ0) is 19.1. The smallest absolute Gasteiger partial charge is 0.282 e. The topological polar surface area (TPSA) is 65.4 Å². The molecule has 2 rings (SSSR count). The van der Waals surface area contributed by atoms with E-state index in [9.17, 15) is 4.79 Å². The molecule has 0 fully saturated rings. The maximum absolute atomic E-state index is 12.0. The Hall–Kier alpha value is -2.02. The second-order valence-electron chi connectivity index (χ2n) is 6.07. The van der Waals surface area contributed by atoms with E-state index in [2.05, 4.69) is 40.2 Å². The SMILES string of the molecule is CCCOc1ccc(C(C)Nc2cnn(C)c(=O)c2Br)cc1OCCC. The lowest BCUT2D eigenvalue weighted by atomic mass is 10.1. The molecule has 1 aromatic carbocycles. The van der Waals surface area contributed by atoms with Gasteiger partial charge in [0.2, 0.25) is 0 Å². The summed E-state index contributed by atoms with van der Waals surface area (Å²) < 4.78 is 13.4. The largest absolute Gasteiger partial charge is 0.490 e. The second kappa shape index (κ2) is 9.62. The molecular weight excluding hydrogens is 398 g/mol. The predicted octanol–water partition coefficient (Wildman–Crippen LogP) is 4.29. The summed E-state index contributed by atoms with van der Waals surface area (Å²) in [6, 6.07) is 5.89. The van der Waals surface area contributed by atoms with Crippen molar-refractivity contribution in [2.45, 2.75) is 39.7 Å². The van der Waals surface area contributed by atoms with E-state index in [1.165, 1.54) is 4.68 Å². The zero-order valence-corrected chi connectivity index (χ0v) is 17.3. The summed E-state index contributed by atoms with van der Waals surface area (Å²) >= 11 is 3.34. The number of hydrogen-bond donors (Lipinski definition) is 1. The first kappa shape index (κ1) is 20.3. The third kappa shape index (κ3) is 5.00. The molecular formula is C19H26BrN3O3. The molecule has 0 radical (unpaired) electrons. The Morgan fingerprint density at radius 3 is 2.50 bits per heavy atom. The van der Waals surface area contributed by atoms with Crippen molar-refractivity contribution in [3.8, 4) is 11.5 Å². The minimum Gasteiger partial charge on any atom is -0.490 e. The maximum atomic E-state index is 12.0. The average Bonchev–Trinajstić information content (AvgIpc) is 2.65. The Balaban J connectivity index is 2.23. The molecule has 0 aliphatic carbocycles. The number of benzene rings is 1. The summed E-state index contributed by atoms with van der Waals surface area (Å²) in [4.78, 5) is 12.0. The number of nitrogens with zero attached hydrogens (tertiary/aromatic N) is 2. The number of rotatable bonds is 9. The molecule has 1 heterocycles. The highest BCUT2D eigenvalue weighted by molar-refractivity contribution is 9.10. The normalized spacial score (nSPS) is 11.9. The van der Waals surface area contributed by atoms with Crippen LogP contribution in [-0.4, -0.2) is 23.0 Å². The first-order chi connectivity index (χ1) is 12.5. The summed E-state index contributed by atoms with van der Waals surface area (Å²) in [5.74, 6) is 1.50. The van der Waals surface area contributed by atoms with Gasteiger partial charge in [-0.25, -0.2) is 4.68 Å². The molecule has 1 unspecified atom stereocenters. The van der Waals surface area contributed by atoms with Crippen LogP contribution in [-0.2, 0) is 7.05 Å². The van der Waals surface area contributed by atoms with E-state index >= 15 is 0 Å². The minimum absolute atomic E-state index is 0.0376. The van der Waals surface area contributed by atoms with Crippen LogP contribution in [0.3, 0.4) is 0 Å². The fourth-order valence-corrected chi connectivity index (χ4v) is 2.85. The van der Waals surface area contributed by atoms with E-state index in [1.54, 1.807) is 13.2 Å². The molecule has 7 heteroatoms. The van der Waals surface area contributed by atoms with Crippen molar-refractivity contribution in [3.63, 3.8) is 0 Å². The van der Waals surface area contributed by atoms with Crippen LogP contribution in [0.25, 0.3) is 0 Å². The van der Waals surface area contributed by atoms with Gasteiger partial charge in [-0.05, 0) is 53.4 Å². The highest BCUT2D eigenvalue weighted by atomic mass is 79.9. The number of halogens is 1. The third-order valence-electron chi connectivity index (χ3n) is 3.84. The van der Waals surface area contributed by atoms with Gasteiger partial charge in [0.25, 0.3) is 5.56 Å². The molecule has 1 aromatic heterocycles. The molecule has 1 atom stereocenters. The van der Waals surface area contributed by atoms with E-state index < -0.39 is 0 Å². The Morgan fingerprint density at radius 1 is 1.19 bits per heavy atom. The molecule has 0 spiro atoms. The van der Waals surface area contributed by atoms with Crippen molar-refractivity contribution < 1.29 is 9.47 Å². The van der Waals surface area contributed by atoms with Gasteiger partial charge in [-0.3, -0.25) is 4.79 Å². The lowest BCUT2D eigenvalue weighted by Crippen LogP contribution is -2.22. The molecule has 0 amide bonds. The van der Waals surface area contributed by atoms with E-state index in [0.717, 1.165) is 29.9 Å². The number of nitrogens with one attached hydrogen (secondary N) is 1. The van der Waals surface area contributed by atoms with Gasteiger partial charge in [0.15, 0.2) is 11.5 Å². The van der Waals surface area contributed by atoms with Crippen LogP contribution in [0.1, 0.15) is 45.2 Å². The van der Waals surface area contributed by atoms with Crippen molar-refractivity contribution in [1.82, 2.24) is 9.78 Å². The number of aryl methyl sites for hydroxylation is 1. The van der Waals surface area contributed by atoms with Crippen molar-refractivity contribution in [2.24, 2.45) is 7.05 Å². The van der Waals surface area contributed by atoms with Crippen molar-refractivity contribution in [3.05, 3.63) is 44.8 Å². The average molecular weight is 424 g/mol. The van der Waals surface area contributed by atoms with E-state index in [-0.39, 0.29) is 11.6 Å². The molecule has 0 saturated carbocycles. The monoisotopic (exact) mass is 423 g/mol. The minimum atomic E-state index is -0.183. The highest BCUT2D eigenvalue weighted by Gasteiger charge is 2.14. The van der Waals surface area contributed by atoms with Crippen molar-refractivity contribution in [1.29, 1.82) is 0 Å². The van der Waals surface area contributed by atoms with Crippen molar-refractivity contribution >= 4 is 21.6 Å². The molecule has 1 N–H and O–H groups in total. The third-order valence-corrected chi connectivity index (χ3v) is 4.61. The number of aromatic nitrogens is 2. The van der Waals surface area contributed by atoms with Gasteiger partial charge in [-0.2, -0.15) is 5.10 Å². The molecule has 0 bridgehead atoms. The Kier molecular flexibility index (Phi) is 7.50. The van der Waals surface area contributed by atoms with Gasteiger partial charge in [-0.15, -0.1) is 0 Å². The number of ether oxygens (including phenoxy) is 2. The van der Waals surface area contributed by atoms with Crippen LogP contribution in [0.15, 0.2) is 33.7 Å². The first-order valence-corrected chi connectivity index (χ1v) is 9.65. The number of anilines is 1. The standard InChI is InChI=1S/C19H26BrN3O3/c1-5-9-25-16-8-7-14(11-17(16)26-10-6-2)13(3)22-15-12-21-23(4)19(24)18(15)20/h7-8,11-13,22H,5-6,9-10H2,1-4H3. The van der Waals surface area contributed by atoms with Gasteiger partial charge in [-0.1, -0.05) is 19.9 Å². The Labute approximate surface area is 162 Å². The maximum Gasteiger partial charge on any atom is 0.282 e.